The topological polar surface area (TPSA) is 99.4 Å². The van der Waals surface area contributed by atoms with Crippen molar-refractivity contribution in [3.05, 3.63) is 0 Å². The van der Waals surface area contributed by atoms with Crippen LogP contribution in [0.5, 0.6) is 0 Å². The Labute approximate surface area is 120 Å². The van der Waals surface area contributed by atoms with Crippen molar-refractivity contribution in [2.45, 2.75) is 76.2 Å². The summed E-state index contributed by atoms with van der Waals surface area (Å²) in [5.74, 6) is 0. The van der Waals surface area contributed by atoms with E-state index in [1.165, 1.54) is 19.3 Å². The summed E-state index contributed by atoms with van der Waals surface area (Å²) in [6, 6.07) is 0. The fourth-order valence-electron chi connectivity index (χ4n) is 2.29. The summed E-state index contributed by atoms with van der Waals surface area (Å²) >= 11 is 0. The predicted octanol–water partition coefficient (Wildman–Crippen LogP) is 0.163. The molecule has 20 heavy (non-hydrogen) atoms. The molecule has 120 valence electrons. The smallest absolute Gasteiger partial charge is 0.186 e. The maximum absolute atomic E-state index is 9.75. The van der Waals surface area contributed by atoms with Crippen LogP contribution in [0, 0.1) is 0 Å². The van der Waals surface area contributed by atoms with E-state index >= 15 is 0 Å². The first kappa shape index (κ1) is 17.8. The van der Waals surface area contributed by atoms with E-state index in [1.807, 2.05) is 0 Å². The Hall–Kier alpha value is -0.240. The zero-order valence-corrected chi connectivity index (χ0v) is 12.1. The molecule has 0 spiro atoms. The van der Waals surface area contributed by atoms with Crippen molar-refractivity contribution < 1.29 is 29.9 Å². The van der Waals surface area contributed by atoms with E-state index in [9.17, 15) is 15.3 Å². The molecule has 0 aromatic rings. The highest BCUT2D eigenvalue weighted by atomic mass is 16.7. The van der Waals surface area contributed by atoms with Crippen molar-refractivity contribution in [1.29, 1.82) is 0 Å². The van der Waals surface area contributed by atoms with Crippen molar-refractivity contribution in [3.8, 4) is 0 Å². The first-order valence-electron chi connectivity index (χ1n) is 7.54. The Morgan fingerprint density at radius 2 is 1.55 bits per heavy atom. The monoisotopic (exact) mass is 292 g/mol. The average molecular weight is 292 g/mol. The highest BCUT2D eigenvalue weighted by Gasteiger charge is 2.43. The fraction of sp³-hybridized carbons (Fsp3) is 1.00. The van der Waals surface area contributed by atoms with Gasteiger partial charge in [-0.15, -0.1) is 0 Å². The molecule has 6 heteroatoms. The Morgan fingerprint density at radius 3 is 2.20 bits per heavy atom. The summed E-state index contributed by atoms with van der Waals surface area (Å²) < 4.78 is 10.6. The summed E-state index contributed by atoms with van der Waals surface area (Å²) in [5, 5.41) is 38.0. The highest BCUT2D eigenvalue weighted by Crippen LogP contribution is 2.22. The molecule has 0 radical (unpaired) electrons. The normalized spacial score (nSPS) is 34.4. The lowest BCUT2D eigenvalue weighted by atomic mass is 9.99. The molecule has 1 fully saturated rings. The number of aliphatic hydroxyl groups is 4. The number of ether oxygens (including phenoxy) is 2. The minimum Gasteiger partial charge on any atom is -0.394 e. The minimum atomic E-state index is -1.37. The second-order valence-electron chi connectivity index (χ2n) is 5.34. The highest BCUT2D eigenvalue weighted by molar-refractivity contribution is 4.88. The van der Waals surface area contributed by atoms with Crippen LogP contribution in [-0.2, 0) is 9.47 Å². The van der Waals surface area contributed by atoms with E-state index in [0.29, 0.717) is 6.61 Å². The number of hydrogen-bond donors (Lipinski definition) is 4. The maximum Gasteiger partial charge on any atom is 0.186 e. The van der Waals surface area contributed by atoms with Crippen LogP contribution in [0.1, 0.15) is 45.4 Å². The van der Waals surface area contributed by atoms with Gasteiger partial charge in [-0.3, -0.25) is 0 Å². The molecule has 1 rings (SSSR count). The average Bonchev–Trinajstić information content (AvgIpc) is 2.46. The van der Waals surface area contributed by atoms with Crippen LogP contribution in [0.25, 0.3) is 0 Å². The van der Waals surface area contributed by atoms with Gasteiger partial charge in [0.15, 0.2) is 6.29 Å². The lowest BCUT2D eigenvalue weighted by molar-refractivity contribution is -0.301. The molecule has 1 aliphatic heterocycles. The second-order valence-corrected chi connectivity index (χ2v) is 5.34. The van der Waals surface area contributed by atoms with Crippen LogP contribution in [0.15, 0.2) is 0 Å². The Balaban J connectivity index is 2.21. The first-order chi connectivity index (χ1) is 9.61. The SMILES string of the molecule is CCCCCCCCO[C@H]1OC(CO)[C@@H](O)[C@H](O)C1O. The van der Waals surface area contributed by atoms with Crippen LogP contribution < -0.4 is 0 Å². The molecule has 6 nitrogen and oxygen atoms in total. The molecule has 4 N–H and O–H groups in total. The van der Waals surface area contributed by atoms with E-state index in [4.69, 9.17) is 14.6 Å². The molecular formula is C14H28O6. The molecule has 0 aromatic carbocycles. The van der Waals surface area contributed by atoms with Gasteiger partial charge in [-0.1, -0.05) is 39.0 Å². The lowest BCUT2D eigenvalue weighted by Crippen LogP contribution is -2.59. The quantitative estimate of drug-likeness (QED) is 0.452. The molecule has 0 saturated carbocycles. The van der Waals surface area contributed by atoms with Crippen molar-refractivity contribution in [1.82, 2.24) is 0 Å². The maximum atomic E-state index is 9.75. The number of unbranched alkanes of at least 4 members (excludes halogenated alkanes) is 5. The van der Waals surface area contributed by atoms with Gasteiger partial charge in [0.05, 0.1) is 6.61 Å². The Morgan fingerprint density at radius 1 is 0.900 bits per heavy atom. The zero-order chi connectivity index (χ0) is 15.0. The molecule has 0 aliphatic carbocycles. The van der Waals surface area contributed by atoms with E-state index < -0.39 is 37.3 Å². The standard InChI is InChI=1S/C14H28O6/c1-2-3-4-5-6-7-8-19-14-13(18)12(17)11(16)10(9-15)20-14/h10-18H,2-9H2,1H3/t10?,11-,12+,13?,14+/m1/s1. The first-order valence-corrected chi connectivity index (χ1v) is 7.54. The van der Waals surface area contributed by atoms with Crippen LogP contribution in [0.4, 0.5) is 0 Å². The van der Waals surface area contributed by atoms with Crippen LogP contribution in [0.2, 0.25) is 0 Å². The van der Waals surface area contributed by atoms with Crippen LogP contribution >= 0.6 is 0 Å². The van der Waals surface area contributed by atoms with Gasteiger partial charge in [-0.25, -0.2) is 0 Å². The molecule has 0 aromatic heterocycles. The Kier molecular flexibility index (Phi) is 8.60. The van der Waals surface area contributed by atoms with Crippen molar-refractivity contribution in [2.75, 3.05) is 13.2 Å². The second kappa shape index (κ2) is 9.65. The molecule has 2 unspecified atom stereocenters. The zero-order valence-electron chi connectivity index (χ0n) is 12.1. The summed E-state index contributed by atoms with van der Waals surface area (Å²) in [6.07, 6.45) is 0.851. The van der Waals surface area contributed by atoms with Gasteiger partial charge in [0.1, 0.15) is 24.4 Å². The van der Waals surface area contributed by atoms with Crippen LogP contribution in [-0.4, -0.2) is 64.3 Å². The lowest BCUT2D eigenvalue weighted by Gasteiger charge is -2.39. The number of hydrogen-bond acceptors (Lipinski definition) is 6. The molecule has 1 aliphatic rings. The van der Waals surface area contributed by atoms with Gasteiger partial charge in [-0.2, -0.15) is 0 Å². The summed E-state index contributed by atoms with van der Waals surface area (Å²) in [5.41, 5.74) is 0. The predicted molar refractivity (Wildman–Crippen MR) is 73.1 cm³/mol. The fourth-order valence-corrected chi connectivity index (χ4v) is 2.29. The van der Waals surface area contributed by atoms with Gasteiger partial charge in [0, 0.05) is 6.61 Å². The van der Waals surface area contributed by atoms with Gasteiger partial charge >= 0.3 is 0 Å². The number of rotatable bonds is 9. The van der Waals surface area contributed by atoms with Gasteiger partial charge in [-0.05, 0) is 6.42 Å². The molecule has 0 bridgehead atoms. The molecule has 1 heterocycles. The summed E-state index contributed by atoms with van der Waals surface area (Å²) in [6.45, 7) is 2.17. The van der Waals surface area contributed by atoms with Crippen molar-refractivity contribution >= 4 is 0 Å². The summed E-state index contributed by atoms with van der Waals surface area (Å²) in [7, 11) is 0. The third-order valence-electron chi connectivity index (χ3n) is 3.63. The Bertz CT molecular complexity index is 248. The van der Waals surface area contributed by atoms with Gasteiger partial charge in [0.25, 0.3) is 0 Å². The van der Waals surface area contributed by atoms with Crippen molar-refractivity contribution in [3.63, 3.8) is 0 Å². The molecular weight excluding hydrogens is 264 g/mol. The van der Waals surface area contributed by atoms with Gasteiger partial charge in [0.2, 0.25) is 0 Å². The van der Waals surface area contributed by atoms with E-state index in [-0.39, 0.29) is 0 Å². The molecule has 5 atom stereocenters. The van der Waals surface area contributed by atoms with E-state index in [2.05, 4.69) is 6.92 Å². The van der Waals surface area contributed by atoms with E-state index in [0.717, 1.165) is 19.3 Å². The summed E-state index contributed by atoms with van der Waals surface area (Å²) in [4.78, 5) is 0. The third kappa shape index (κ3) is 5.27. The number of aliphatic hydroxyl groups excluding tert-OH is 4. The molecule has 1 saturated heterocycles. The van der Waals surface area contributed by atoms with Gasteiger partial charge < -0.3 is 29.9 Å². The van der Waals surface area contributed by atoms with E-state index in [1.54, 1.807) is 0 Å². The van der Waals surface area contributed by atoms with Crippen molar-refractivity contribution in [2.24, 2.45) is 0 Å². The minimum absolute atomic E-state index is 0.425. The third-order valence-corrected chi connectivity index (χ3v) is 3.63. The van der Waals surface area contributed by atoms with Crippen LogP contribution in [0.3, 0.4) is 0 Å². The largest absolute Gasteiger partial charge is 0.394 e. The molecule has 0 amide bonds.